The molecule has 0 spiro atoms. The Hall–Kier alpha value is -1.69. The van der Waals surface area contributed by atoms with Crippen LogP contribution in [0.1, 0.15) is 24.5 Å². The minimum Gasteiger partial charge on any atom is -0.469 e. The van der Waals surface area contributed by atoms with Gasteiger partial charge in [0.05, 0.1) is 13.2 Å². The number of alkyl halides is 2. The van der Waals surface area contributed by atoms with E-state index in [0.29, 0.717) is 5.56 Å². The molecular weight excluding hydrogens is 246 g/mol. The Kier molecular flexibility index (Phi) is 5.51. The zero-order valence-electron chi connectivity index (χ0n) is 9.81. The van der Waals surface area contributed by atoms with Gasteiger partial charge in [-0.05, 0) is 24.1 Å². The molecule has 0 saturated heterocycles. The predicted octanol–water partition coefficient (Wildman–Crippen LogP) is 2.27. The number of carbonyl (C=O) groups is 1. The number of aliphatic hydroxyl groups excluding tert-OH is 1. The lowest BCUT2D eigenvalue weighted by molar-refractivity contribution is -0.141. The molecule has 0 aliphatic carbocycles. The van der Waals surface area contributed by atoms with E-state index in [2.05, 4.69) is 9.47 Å². The highest BCUT2D eigenvalue weighted by Crippen LogP contribution is 2.22. The van der Waals surface area contributed by atoms with Gasteiger partial charge in [-0.2, -0.15) is 8.78 Å². The van der Waals surface area contributed by atoms with Crippen molar-refractivity contribution < 1.29 is 28.2 Å². The van der Waals surface area contributed by atoms with Crippen molar-refractivity contribution in [1.82, 2.24) is 0 Å². The number of hydrogen-bond acceptors (Lipinski definition) is 4. The highest BCUT2D eigenvalue weighted by molar-refractivity contribution is 5.69. The number of benzene rings is 1. The van der Waals surface area contributed by atoms with Crippen molar-refractivity contribution in [2.45, 2.75) is 25.6 Å². The molecule has 1 aromatic carbocycles. The molecule has 0 aromatic heterocycles. The first-order valence-corrected chi connectivity index (χ1v) is 5.32. The fourth-order valence-electron chi connectivity index (χ4n) is 1.39. The van der Waals surface area contributed by atoms with Crippen LogP contribution in [0, 0.1) is 0 Å². The van der Waals surface area contributed by atoms with E-state index in [1.54, 1.807) is 0 Å². The van der Waals surface area contributed by atoms with Crippen molar-refractivity contribution in [2.24, 2.45) is 0 Å². The fraction of sp³-hybridized carbons (Fsp3) is 0.417. The van der Waals surface area contributed by atoms with Crippen LogP contribution in [0.15, 0.2) is 24.3 Å². The Balaban J connectivity index is 2.53. The standard InChI is InChI=1S/C12H14F2O4/c1-17-11(16)7-6-10(15)8-2-4-9(5-3-8)18-12(13)14/h2-5,10,12,15H,6-7H2,1H3. The lowest BCUT2D eigenvalue weighted by Crippen LogP contribution is -2.05. The van der Waals surface area contributed by atoms with Crippen molar-refractivity contribution in [1.29, 1.82) is 0 Å². The smallest absolute Gasteiger partial charge is 0.387 e. The van der Waals surface area contributed by atoms with Crippen LogP contribution in [0.25, 0.3) is 0 Å². The maximum absolute atomic E-state index is 11.9. The van der Waals surface area contributed by atoms with Crippen molar-refractivity contribution >= 4 is 5.97 Å². The quantitative estimate of drug-likeness (QED) is 0.797. The molecular formula is C12H14F2O4. The van der Waals surface area contributed by atoms with Gasteiger partial charge in [-0.15, -0.1) is 0 Å². The molecule has 1 aromatic rings. The first kappa shape index (κ1) is 14.4. The number of aliphatic hydroxyl groups is 1. The molecule has 0 bridgehead atoms. The Morgan fingerprint density at radius 3 is 2.44 bits per heavy atom. The normalized spacial score (nSPS) is 12.3. The van der Waals surface area contributed by atoms with E-state index >= 15 is 0 Å². The van der Waals surface area contributed by atoms with Crippen molar-refractivity contribution in [2.75, 3.05) is 7.11 Å². The van der Waals surface area contributed by atoms with Gasteiger partial charge in [0.15, 0.2) is 0 Å². The number of carbonyl (C=O) groups excluding carboxylic acids is 1. The molecule has 18 heavy (non-hydrogen) atoms. The van der Waals surface area contributed by atoms with Crippen molar-refractivity contribution in [3.05, 3.63) is 29.8 Å². The SMILES string of the molecule is COC(=O)CCC(O)c1ccc(OC(F)F)cc1. The second-order valence-corrected chi connectivity index (χ2v) is 3.58. The Morgan fingerprint density at radius 2 is 1.94 bits per heavy atom. The first-order chi connectivity index (χ1) is 8.52. The highest BCUT2D eigenvalue weighted by Gasteiger charge is 2.11. The number of rotatable bonds is 6. The van der Waals surface area contributed by atoms with Gasteiger partial charge in [-0.1, -0.05) is 12.1 Å². The Labute approximate surface area is 103 Å². The molecule has 100 valence electrons. The molecule has 1 atom stereocenters. The number of halogens is 2. The van der Waals surface area contributed by atoms with E-state index < -0.39 is 18.7 Å². The second kappa shape index (κ2) is 6.90. The molecule has 0 amide bonds. The van der Waals surface area contributed by atoms with E-state index in [-0.39, 0.29) is 18.6 Å². The molecule has 1 rings (SSSR count). The van der Waals surface area contributed by atoms with Gasteiger partial charge in [-0.25, -0.2) is 0 Å². The Bertz CT molecular complexity index is 378. The molecule has 0 radical (unpaired) electrons. The first-order valence-electron chi connectivity index (χ1n) is 5.32. The maximum Gasteiger partial charge on any atom is 0.387 e. The third-order valence-corrected chi connectivity index (χ3v) is 2.34. The van der Waals surface area contributed by atoms with Gasteiger partial charge in [0.2, 0.25) is 0 Å². The average Bonchev–Trinajstić information content (AvgIpc) is 2.35. The molecule has 6 heteroatoms. The van der Waals surface area contributed by atoms with Crippen LogP contribution in [-0.2, 0) is 9.53 Å². The molecule has 0 saturated carbocycles. The third-order valence-electron chi connectivity index (χ3n) is 2.34. The zero-order valence-corrected chi connectivity index (χ0v) is 9.81. The highest BCUT2D eigenvalue weighted by atomic mass is 19.3. The van der Waals surface area contributed by atoms with Gasteiger partial charge >= 0.3 is 12.6 Å². The predicted molar refractivity (Wildman–Crippen MR) is 59.3 cm³/mol. The van der Waals surface area contributed by atoms with Crippen molar-refractivity contribution in [3.8, 4) is 5.75 Å². The summed E-state index contributed by atoms with van der Waals surface area (Å²) in [6.45, 7) is -2.87. The van der Waals surface area contributed by atoms with Gasteiger partial charge < -0.3 is 14.6 Å². The average molecular weight is 260 g/mol. The van der Waals surface area contributed by atoms with Crippen molar-refractivity contribution in [3.63, 3.8) is 0 Å². The molecule has 1 unspecified atom stereocenters. The van der Waals surface area contributed by atoms with E-state index in [1.165, 1.54) is 31.4 Å². The molecule has 1 N–H and O–H groups in total. The number of esters is 1. The minimum absolute atomic E-state index is 0.0221. The third kappa shape index (κ3) is 4.67. The maximum atomic E-state index is 11.9. The van der Waals surface area contributed by atoms with Gasteiger partial charge in [0.25, 0.3) is 0 Å². The summed E-state index contributed by atoms with van der Waals surface area (Å²) in [5, 5.41) is 9.74. The summed E-state index contributed by atoms with van der Waals surface area (Å²) >= 11 is 0. The molecule has 0 fully saturated rings. The van der Waals surface area contributed by atoms with E-state index in [9.17, 15) is 18.7 Å². The monoisotopic (exact) mass is 260 g/mol. The van der Waals surface area contributed by atoms with Crippen LogP contribution >= 0.6 is 0 Å². The molecule has 0 aliphatic rings. The largest absolute Gasteiger partial charge is 0.469 e. The lowest BCUT2D eigenvalue weighted by atomic mass is 10.1. The summed E-state index contributed by atoms with van der Waals surface area (Å²) in [6, 6.07) is 5.62. The molecule has 0 aliphatic heterocycles. The number of methoxy groups -OCH3 is 1. The summed E-state index contributed by atoms with van der Waals surface area (Å²) in [5.74, 6) is -0.388. The number of hydrogen-bond donors (Lipinski definition) is 1. The number of ether oxygens (including phenoxy) is 2. The topological polar surface area (TPSA) is 55.8 Å². The van der Waals surface area contributed by atoms with Crippen LogP contribution in [0.3, 0.4) is 0 Å². The molecule has 0 heterocycles. The summed E-state index contributed by atoms with van der Waals surface area (Å²) in [4.78, 5) is 10.9. The van der Waals surface area contributed by atoms with Crippen LogP contribution in [0.2, 0.25) is 0 Å². The van der Waals surface area contributed by atoms with Crippen LogP contribution < -0.4 is 4.74 Å². The van der Waals surface area contributed by atoms with Gasteiger partial charge in [-0.3, -0.25) is 4.79 Å². The summed E-state index contributed by atoms with van der Waals surface area (Å²) in [7, 11) is 1.27. The van der Waals surface area contributed by atoms with E-state index in [4.69, 9.17) is 0 Å². The molecule has 4 nitrogen and oxygen atoms in total. The lowest BCUT2D eigenvalue weighted by Gasteiger charge is -2.11. The van der Waals surface area contributed by atoms with Crippen LogP contribution in [0.4, 0.5) is 8.78 Å². The Morgan fingerprint density at radius 1 is 1.33 bits per heavy atom. The van der Waals surface area contributed by atoms with E-state index in [0.717, 1.165) is 0 Å². The van der Waals surface area contributed by atoms with Gasteiger partial charge in [0, 0.05) is 6.42 Å². The fourth-order valence-corrected chi connectivity index (χ4v) is 1.39. The van der Waals surface area contributed by atoms with Gasteiger partial charge in [0.1, 0.15) is 5.75 Å². The summed E-state index contributed by atoms with van der Waals surface area (Å²) in [6.07, 6.45) is -0.543. The minimum atomic E-state index is -2.87. The summed E-state index contributed by atoms with van der Waals surface area (Å²) in [5.41, 5.74) is 0.528. The van der Waals surface area contributed by atoms with Crippen LogP contribution in [-0.4, -0.2) is 24.8 Å². The van der Waals surface area contributed by atoms with E-state index in [1.807, 2.05) is 0 Å². The summed E-state index contributed by atoms with van der Waals surface area (Å²) < 4.78 is 32.4. The zero-order chi connectivity index (χ0) is 13.5. The second-order valence-electron chi connectivity index (χ2n) is 3.58. The van der Waals surface area contributed by atoms with Crippen LogP contribution in [0.5, 0.6) is 5.75 Å².